The van der Waals surface area contributed by atoms with Gasteiger partial charge < -0.3 is 14.9 Å². The minimum atomic E-state index is -1.81. The molecule has 0 bridgehead atoms. The van der Waals surface area contributed by atoms with Crippen molar-refractivity contribution in [1.29, 1.82) is 0 Å². The van der Waals surface area contributed by atoms with Gasteiger partial charge in [0.15, 0.2) is 0 Å². The first-order chi connectivity index (χ1) is 13.8. The molecule has 0 radical (unpaired) electrons. The van der Waals surface area contributed by atoms with Gasteiger partial charge in [0.2, 0.25) is 0 Å². The molecule has 166 valence electrons. The van der Waals surface area contributed by atoms with Crippen molar-refractivity contribution in [2.75, 3.05) is 0 Å². The SMILES string of the molecule is Cc1[cH-]c2c(C)ccc(C)c2c1[Si]1(c2c(C)[cH-]c3c(C)ccc(C)c23)CCCC1.[CH3-].[CH3-].[Hf+4]. The van der Waals surface area contributed by atoms with Crippen LogP contribution in [0.2, 0.25) is 12.1 Å². The van der Waals surface area contributed by atoms with E-state index in [1.165, 1.54) is 58.0 Å². The van der Waals surface area contributed by atoms with E-state index in [-0.39, 0.29) is 40.7 Å². The van der Waals surface area contributed by atoms with E-state index in [0.717, 1.165) is 0 Å². The minimum Gasteiger partial charge on any atom is -0.358 e. The van der Waals surface area contributed by atoms with Crippen LogP contribution in [0.4, 0.5) is 0 Å². The summed E-state index contributed by atoms with van der Waals surface area (Å²) in [6.45, 7) is 14.0. The first-order valence-electron chi connectivity index (χ1n) is 11.2. The summed E-state index contributed by atoms with van der Waals surface area (Å²) in [6.07, 6.45) is 2.78. The summed E-state index contributed by atoms with van der Waals surface area (Å²) >= 11 is 0. The van der Waals surface area contributed by atoms with Gasteiger partial charge in [-0.05, 0) is 13.8 Å². The fourth-order valence-corrected chi connectivity index (χ4v) is 13.0. The molecule has 1 aliphatic rings. The molecular formula is C30H38HfSi. The van der Waals surface area contributed by atoms with Crippen LogP contribution >= 0.6 is 0 Å². The van der Waals surface area contributed by atoms with Crippen molar-refractivity contribution in [3.8, 4) is 0 Å². The van der Waals surface area contributed by atoms with Crippen LogP contribution < -0.4 is 10.4 Å². The van der Waals surface area contributed by atoms with Crippen LogP contribution in [0.3, 0.4) is 0 Å². The Balaban J connectivity index is 0.00000121. The van der Waals surface area contributed by atoms with Crippen molar-refractivity contribution >= 4 is 40.0 Å². The van der Waals surface area contributed by atoms with E-state index in [1.54, 1.807) is 32.3 Å². The van der Waals surface area contributed by atoms with Gasteiger partial charge in [-0.2, -0.15) is 10.4 Å². The first-order valence-corrected chi connectivity index (χ1v) is 13.6. The molecule has 1 aliphatic heterocycles. The molecule has 0 saturated carbocycles. The van der Waals surface area contributed by atoms with Gasteiger partial charge in [0.25, 0.3) is 0 Å². The van der Waals surface area contributed by atoms with Gasteiger partial charge in [0.05, 0.1) is 0 Å². The summed E-state index contributed by atoms with van der Waals surface area (Å²) in [5.74, 6) is 0. The largest absolute Gasteiger partial charge is 4.00 e. The molecule has 2 heteroatoms. The smallest absolute Gasteiger partial charge is 0.358 e. The fourth-order valence-electron chi connectivity index (χ4n) is 6.51. The molecule has 0 unspecified atom stereocenters. The van der Waals surface area contributed by atoms with Gasteiger partial charge in [-0.25, -0.2) is 0 Å². The van der Waals surface area contributed by atoms with Crippen LogP contribution in [0.1, 0.15) is 46.2 Å². The molecule has 5 rings (SSSR count). The summed E-state index contributed by atoms with van der Waals surface area (Å²) in [6, 6.07) is 17.1. The second kappa shape index (κ2) is 9.55. The molecule has 0 aromatic heterocycles. The molecule has 0 N–H and O–H groups in total. The minimum absolute atomic E-state index is 0. The van der Waals surface area contributed by atoms with Crippen molar-refractivity contribution in [3.63, 3.8) is 0 Å². The molecule has 0 spiro atoms. The predicted octanol–water partition coefficient (Wildman–Crippen LogP) is 7.54. The summed E-state index contributed by atoms with van der Waals surface area (Å²) in [5.41, 5.74) is 8.88. The zero-order valence-electron chi connectivity index (χ0n) is 21.3. The number of rotatable bonds is 2. The standard InChI is InChI=1S/C28H32Si.2CH3.Hf/c1-17-9-11-19(3)25-23(17)15-21(5)27(25)29(13-7-8-14-29)28-22(6)16-24-18(2)10-12-20(4)26(24)28;;;/h9-12,15-16H,7-8,13-14H2,1-6H3;2*1H3;/q-2;2*-1;+4. The van der Waals surface area contributed by atoms with Crippen LogP contribution in [-0.4, -0.2) is 8.07 Å². The molecule has 32 heavy (non-hydrogen) atoms. The van der Waals surface area contributed by atoms with Crippen molar-refractivity contribution in [2.24, 2.45) is 0 Å². The second-order valence-corrected chi connectivity index (χ2v) is 13.8. The molecule has 4 aromatic rings. The van der Waals surface area contributed by atoms with E-state index < -0.39 is 8.07 Å². The van der Waals surface area contributed by atoms with Gasteiger partial charge in [0, 0.05) is 8.07 Å². The summed E-state index contributed by atoms with van der Waals surface area (Å²) in [5, 5.41) is 9.71. The molecule has 0 aliphatic carbocycles. The molecule has 1 saturated heterocycles. The Kier molecular flexibility index (Phi) is 8.05. The van der Waals surface area contributed by atoms with E-state index in [9.17, 15) is 0 Å². The van der Waals surface area contributed by atoms with E-state index in [2.05, 4.69) is 77.9 Å². The second-order valence-electron chi connectivity index (χ2n) is 9.67. The van der Waals surface area contributed by atoms with E-state index in [4.69, 9.17) is 0 Å². The third kappa shape index (κ3) is 3.66. The predicted molar refractivity (Wildman–Crippen MR) is 144 cm³/mol. The van der Waals surface area contributed by atoms with Gasteiger partial charge in [-0.1, -0.05) is 75.9 Å². The van der Waals surface area contributed by atoms with Crippen LogP contribution in [0.15, 0.2) is 36.4 Å². The molecule has 1 heterocycles. The van der Waals surface area contributed by atoms with Crippen molar-refractivity contribution in [3.05, 3.63) is 84.6 Å². The van der Waals surface area contributed by atoms with Gasteiger partial charge in [0.1, 0.15) is 0 Å². The summed E-state index contributed by atoms with van der Waals surface area (Å²) < 4.78 is 0. The van der Waals surface area contributed by atoms with Crippen molar-refractivity contribution in [2.45, 2.75) is 66.5 Å². The Labute approximate surface area is 216 Å². The molecular weight excluding hydrogens is 567 g/mol. The number of aryl methyl sites for hydroxylation is 6. The number of hydrogen-bond acceptors (Lipinski definition) is 0. The monoisotopic (exact) mass is 606 g/mol. The van der Waals surface area contributed by atoms with Crippen LogP contribution in [0.5, 0.6) is 0 Å². The van der Waals surface area contributed by atoms with Gasteiger partial charge in [-0.3, -0.25) is 0 Å². The van der Waals surface area contributed by atoms with Gasteiger partial charge in [-0.15, -0.1) is 68.1 Å². The zero-order chi connectivity index (χ0) is 20.5. The first kappa shape index (κ1) is 27.0. The maximum absolute atomic E-state index is 2.50. The Bertz CT molecular complexity index is 1170. The third-order valence-electron chi connectivity index (χ3n) is 7.77. The molecule has 0 nitrogen and oxygen atoms in total. The zero-order valence-corrected chi connectivity index (χ0v) is 25.9. The number of hydrogen-bond donors (Lipinski definition) is 0. The van der Waals surface area contributed by atoms with E-state index in [0.29, 0.717) is 0 Å². The number of benzene rings is 2. The van der Waals surface area contributed by atoms with Crippen molar-refractivity contribution < 1.29 is 25.8 Å². The summed E-state index contributed by atoms with van der Waals surface area (Å²) in [7, 11) is -1.81. The Morgan fingerprint density at radius 3 is 1.31 bits per heavy atom. The Hall–Kier alpha value is -1.25. The van der Waals surface area contributed by atoms with Crippen molar-refractivity contribution in [1.82, 2.24) is 0 Å². The van der Waals surface area contributed by atoms with Gasteiger partial charge >= 0.3 is 25.8 Å². The molecule has 0 amide bonds. The Morgan fingerprint density at radius 2 is 0.938 bits per heavy atom. The summed E-state index contributed by atoms with van der Waals surface area (Å²) in [4.78, 5) is 0. The normalized spacial score (nSPS) is 14.8. The van der Waals surface area contributed by atoms with Crippen LogP contribution in [0.25, 0.3) is 21.5 Å². The molecule has 0 atom stereocenters. The molecule has 1 fully saturated rings. The average molecular weight is 605 g/mol. The average Bonchev–Trinajstić information content (AvgIpc) is 3.37. The third-order valence-corrected chi connectivity index (χ3v) is 13.4. The topological polar surface area (TPSA) is 0 Å². The maximum atomic E-state index is 2.50. The molecule has 4 aromatic carbocycles. The van der Waals surface area contributed by atoms with E-state index in [1.807, 2.05) is 0 Å². The van der Waals surface area contributed by atoms with Crippen LogP contribution in [0, 0.1) is 56.4 Å². The Morgan fingerprint density at radius 1 is 0.594 bits per heavy atom. The maximum Gasteiger partial charge on any atom is 4.00 e. The van der Waals surface area contributed by atoms with Crippen LogP contribution in [-0.2, 0) is 25.8 Å². The van der Waals surface area contributed by atoms with E-state index >= 15 is 0 Å². The quantitative estimate of drug-likeness (QED) is 0.164. The number of fused-ring (bicyclic) bond motifs is 2. The fraction of sp³-hybridized carbons (Fsp3) is 0.333.